The summed E-state index contributed by atoms with van der Waals surface area (Å²) in [4.78, 5) is 0. The van der Waals surface area contributed by atoms with Gasteiger partial charge in [0.05, 0.1) is 5.41 Å². The van der Waals surface area contributed by atoms with Crippen LogP contribution in [0.1, 0.15) is 77.0 Å². The summed E-state index contributed by atoms with van der Waals surface area (Å²) < 4.78 is 66.8. The molecule has 1 atom stereocenters. The van der Waals surface area contributed by atoms with Crippen molar-refractivity contribution in [2.45, 2.75) is 90.3 Å². The molecule has 0 saturated heterocycles. The molecule has 2 saturated carbocycles. The summed E-state index contributed by atoms with van der Waals surface area (Å²) in [7, 11) is 0. The Morgan fingerprint density at radius 1 is 0.939 bits per heavy atom. The lowest BCUT2D eigenvalue weighted by Crippen LogP contribution is -2.18. The molecule has 0 aliphatic heterocycles. The van der Waals surface area contributed by atoms with Gasteiger partial charge in [0.15, 0.2) is 0 Å². The molecule has 0 aromatic heterocycles. The predicted molar refractivity (Wildman–Crippen MR) is 123 cm³/mol. The quantitative estimate of drug-likeness (QED) is 0.396. The minimum Gasteiger partial charge on any atom is -0.406 e. The van der Waals surface area contributed by atoms with Gasteiger partial charge in [-0.3, -0.25) is 0 Å². The third kappa shape index (κ3) is 6.07. The number of alkyl halides is 5. The monoisotopic (exact) mass is 470 g/mol. The number of ether oxygens (including phenoxy) is 1. The van der Waals surface area contributed by atoms with Gasteiger partial charge >= 0.3 is 6.36 Å². The van der Waals surface area contributed by atoms with Gasteiger partial charge in [-0.2, -0.15) is 0 Å². The third-order valence-corrected chi connectivity index (χ3v) is 6.81. The zero-order valence-corrected chi connectivity index (χ0v) is 20.3. The predicted octanol–water partition coefficient (Wildman–Crippen LogP) is 8.98. The van der Waals surface area contributed by atoms with Crippen molar-refractivity contribution in [1.82, 2.24) is 0 Å². The lowest BCUT2D eigenvalue weighted by Gasteiger charge is -2.21. The SMILES string of the molecule is CC.CC(C)C1(c2cccc(OC(F)(F)F)c2)CC1.CCC1(c2cccc(C)c2)CC1(F)F. The molecule has 0 amide bonds. The molecule has 2 aromatic carbocycles. The molecule has 2 aliphatic rings. The Hall–Kier alpha value is -2.11. The molecule has 1 nitrogen and oxygen atoms in total. The molecule has 0 radical (unpaired) electrons. The largest absolute Gasteiger partial charge is 0.573 e. The van der Waals surface area contributed by atoms with E-state index in [9.17, 15) is 22.0 Å². The average Bonchev–Trinajstić information content (AvgIpc) is 3.64. The van der Waals surface area contributed by atoms with Crippen molar-refractivity contribution < 1.29 is 26.7 Å². The Kier molecular flexibility index (Phi) is 8.24. The lowest BCUT2D eigenvalue weighted by molar-refractivity contribution is -0.274. The van der Waals surface area contributed by atoms with Crippen LogP contribution in [0.15, 0.2) is 48.5 Å². The number of benzene rings is 2. The fraction of sp³-hybridized carbons (Fsp3) is 0.556. The van der Waals surface area contributed by atoms with Crippen LogP contribution in [0.25, 0.3) is 0 Å². The highest BCUT2D eigenvalue weighted by atomic mass is 19.4. The third-order valence-electron chi connectivity index (χ3n) is 6.81. The van der Waals surface area contributed by atoms with E-state index in [-0.39, 0.29) is 17.6 Å². The first-order valence-corrected chi connectivity index (χ1v) is 11.7. The van der Waals surface area contributed by atoms with Crippen LogP contribution in [-0.4, -0.2) is 12.3 Å². The van der Waals surface area contributed by atoms with Crippen LogP contribution >= 0.6 is 0 Å². The van der Waals surface area contributed by atoms with Gasteiger partial charge in [-0.25, -0.2) is 8.78 Å². The summed E-state index contributed by atoms with van der Waals surface area (Å²) in [6.07, 6.45) is -2.00. The van der Waals surface area contributed by atoms with Gasteiger partial charge in [-0.15, -0.1) is 13.2 Å². The molecule has 184 valence electrons. The summed E-state index contributed by atoms with van der Waals surface area (Å²) in [5.41, 5.74) is 2.00. The summed E-state index contributed by atoms with van der Waals surface area (Å²) in [5.74, 6) is -2.18. The maximum absolute atomic E-state index is 13.3. The van der Waals surface area contributed by atoms with Crippen LogP contribution in [0.5, 0.6) is 5.75 Å². The first kappa shape index (κ1) is 27.1. The first-order chi connectivity index (χ1) is 15.4. The van der Waals surface area contributed by atoms with Gasteiger partial charge in [-0.05, 0) is 60.8 Å². The molecule has 33 heavy (non-hydrogen) atoms. The minimum atomic E-state index is -4.62. The minimum absolute atomic E-state index is 0.0138. The summed E-state index contributed by atoms with van der Waals surface area (Å²) in [6.45, 7) is 12.0. The van der Waals surface area contributed by atoms with Crippen molar-refractivity contribution in [3.05, 3.63) is 65.2 Å². The zero-order chi connectivity index (χ0) is 25.1. The Bertz CT molecular complexity index is 915. The molecular weight excluding hydrogens is 435 g/mol. The molecule has 2 aliphatic carbocycles. The first-order valence-electron chi connectivity index (χ1n) is 11.7. The fourth-order valence-electron chi connectivity index (χ4n) is 4.52. The highest BCUT2D eigenvalue weighted by Crippen LogP contribution is 2.63. The van der Waals surface area contributed by atoms with Crippen molar-refractivity contribution >= 4 is 0 Å². The second kappa shape index (κ2) is 10.0. The average molecular weight is 471 g/mol. The number of aryl methyl sites for hydroxylation is 1. The number of rotatable bonds is 5. The van der Waals surface area contributed by atoms with E-state index in [0.29, 0.717) is 12.3 Å². The molecule has 6 heteroatoms. The number of hydrogen-bond acceptors (Lipinski definition) is 1. The van der Waals surface area contributed by atoms with Crippen LogP contribution in [0, 0.1) is 12.8 Å². The van der Waals surface area contributed by atoms with E-state index >= 15 is 0 Å². The van der Waals surface area contributed by atoms with Crippen LogP contribution in [0.4, 0.5) is 22.0 Å². The molecule has 0 spiro atoms. The van der Waals surface area contributed by atoms with Gasteiger partial charge < -0.3 is 4.74 Å². The van der Waals surface area contributed by atoms with Gasteiger partial charge in [0, 0.05) is 6.42 Å². The molecule has 2 aromatic rings. The van der Waals surface area contributed by atoms with Gasteiger partial charge in [0.2, 0.25) is 0 Å². The smallest absolute Gasteiger partial charge is 0.406 e. The van der Waals surface area contributed by atoms with Crippen molar-refractivity contribution in [3.8, 4) is 5.75 Å². The Morgan fingerprint density at radius 3 is 1.91 bits per heavy atom. The van der Waals surface area contributed by atoms with Crippen LogP contribution < -0.4 is 4.74 Å². The molecule has 0 bridgehead atoms. The van der Waals surface area contributed by atoms with E-state index in [0.717, 1.165) is 29.5 Å². The molecule has 2 fully saturated rings. The number of hydrogen-bond donors (Lipinski definition) is 0. The van der Waals surface area contributed by atoms with E-state index in [1.165, 1.54) is 12.1 Å². The molecule has 4 rings (SSSR count). The number of halogens is 5. The zero-order valence-electron chi connectivity index (χ0n) is 20.3. The van der Waals surface area contributed by atoms with E-state index in [4.69, 9.17) is 0 Å². The maximum Gasteiger partial charge on any atom is 0.573 e. The van der Waals surface area contributed by atoms with Crippen molar-refractivity contribution in [1.29, 1.82) is 0 Å². The topological polar surface area (TPSA) is 9.23 Å². The Labute approximate surface area is 194 Å². The lowest BCUT2D eigenvalue weighted by atomic mass is 9.85. The van der Waals surface area contributed by atoms with Crippen LogP contribution in [0.3, 0.4) is 0 Å². The maximum atomic E-state index is 13.3. The normalized spacial score (nSPS) is 21.8. The van der Waals surface area contributed by atoms with Crippen LogP contribution in [0.2, 0.25) is 0 Å². The molecule has 0 heterocycles. The Balaban J connectivity index is 0.000000221. The second-order valence-electron chi connectivity index (χ2n) is 9.07. The highest BCUT2D eigenvalue weighted by molar-refractivity contribution is 5.40. The standard InChI is InChI=1S/C13H15F3O.C12H14F2.C2H6/c1-9(2)12(6-7-12)10-4-3-5-11(8-10)17-13(14,15)16;1-3-11(8-12(11,13)14)10-6-4-5-9(2)7-10;1-2/h3-5,8-9H,6-7H2,1-2H3;4-7H,3,8H2,1-2H3;1-2H3. The van der Waals surface area contributed by atoms with Crippen molar-refractivity contribution in [2.75, 3.05) is 0 Å². The van der Waals surface area contributed by atoms with Gasteiger partial charge in [-0.1, -0.05) is 76.6 Å². The van der Waals surface area contributed by atoms with E-state index < -0.39 is 17.7 Å². The molecular formula is C27H35F5O. The molecule has 0 N–H and O–H groups in total. The second-order valence-corrected chi connectivity index (χ2v) is 9.07. The fourth-order valence-corrected chi connectivity index (χ4v) is 4.52. The van der Waals surface area contributed by atoms with Gasteiger partial charge in [0.25, 0.3) is 5.92 Å². The Morgan fingerprint density at radius 2 is 1.48 bits per heavy atom. The summed E-state index contributed by atoms with van der Waals surface area (Å²) in [5, 5.41) is 0. The van der Waals surface area contributed by atoms with Crippen molar-refractivity contribution in [3.63, 3.8) is 0 Å². The van der Waals surface area contributed by atoms with Crippen molar-refractivity contribution in [2.24, 2.45) is 5.92 Å². The highest BCUT2D eigenvalue weighted by Gasteiger charge is 2.70. The summed E-state index contributed by atoms with van der Waals surface area (Å²) >= 11 is 0. The molecule has 1 unspecified atom stereocenters. The van der Waals surface area contributed by atoms with Crippen LogP contribution in [-0.2, 0) is 10.8 Å². The summed E-state index contributed by atoms with van der Waals surface area (Å²) in [6, 6.07) is 13.9. The van der Waals surface area contributed by atoms with E-state index in [1.807, 2.05) is 58.0 Å². The van der Waals surface area contributed by atoms with Gasteiger partial charge in [0.1, 0.15) is 5.75 Å². The van der Waals surface area contributed by atoms with E-state index in [2.05, 4.69) is 18.6 Å². The van der Waals surface area contributed by atoms with E-state index in [1.54, 1.807) is 6.07 Å².